The minimum absolute atomic E-state index is 0.692. The van der Waals surface area contributed by atoms with Gasteiger partial charge in [-0.05, 0) is 88.1 Å². The van der Waals surface area contributed by atoms with Gasteiger partial charge in [0.05, 0.1) is 28.1 Å². The van der Waals surface area contributed by atoms with Gasteiger partial charge in [-0.2, -0.15) is 5.10 Å². The van der Waals surface area contributed by atoms with Gasteiger partial charge >= 0.3 is 0 Å². The Morgan fingerprint density at radius 2 is 1.07 bits per heavy atom. The fraction of sp³-hybridized carbons (Fsp3) is 0.182. The Kier molecular flexibility index (Phi) is 5.61. The van der Waals surface area contributed by atoms with Gasteiger partial charge in [0.15, 0.2) is 17.3 Å². The summed E-state index contributed by atoms with van der Waals surface area (Å²) in [6.07, 6.45) is 4.23. The number of anilines is 4. The van der Waals surface area contributed by atoms with E-state index in [2.05, 4.69) is 101 Å². The van der Waals surface area contributed by atoms with Gasteiger partial charge in [-0.25, -0.2) is 15.0 Å². The number of hydrogen-bond acceptors (Lipinski definition) is 7. The maximum Gasteiger partial charge on any atom is 0.185 e. The molecule has 1 aliphatic heterocycles. The van der Waals surface area contributed by atoms with Gasteiger partial charge in [0.2, 0.25) is 0 Å². The number of allylic oxidation sites excluding steroid dienone is 1. The second-order valence-electron chi connectivity index (χ2n) is 10.7. The summed E-state index contributed by atoms with van der Waals surface area (Å²) in [6.45, 7) is 12.5. The summed E-state index contributed by atoms with van der Waals surface area (Å²) in [5.74, 6) is 3.21. The number of rotatable bonds is 3. The van der Waals surface area contributed by atoms with E-state index in [9.17, 15) is 0 Å². The molecule has 8 nitrogen and oxygen atoms in total. The average Bonchev–Trinajstić information content (AvgIpc) is 3.54. The lowest BCUT2D eigenvalue weighted by Crippen LogP contribution is -2.24. The van der Waals surface area contributed by atoms with E-state index in [1.54, 1.807) is 4.63 Å². The SMILES string of the molecule is Cc1nc2/c(=C\C=C3N(c4c(C)cccc4C)c4nc5ccccc5nc4N3c3c(C)cccc3C)c(C)nn2n1. The van der Waals surface area contributed by atoms with Gasteiger partial charge < -0.3 is 0 Å². The van der Waals surface area contributed by atoms with Crippen LogP contribution in [0.5, 0.6) is 0 Å². The van der Waals surface area contributed by atoms with Crippen molar-refractivity contribution >= 4 is 45.8 Å². The molecule has 0 radical (unpaired) electrons. The number of fused-ring (bicyclic) bond motifs is 3. The molecular weight excluding hydrogens is 508 g/mol. The van der Waals surface area contributed by atoms with Crippen LogP contribution in [0, 0.1) is 41.5 Å². The van der Waals surface area contributed by atoms with Crippen molar-refractivity contribution in [2.75, 3.05) is 9.80 Å². The summed E-state index contributed by atoms with van der Waals surface area (Å²) >= 11 is 0. The number of benzene rings is 3. The third-order valence-electron chi connectivity index (χ3n) is 7.71. The molecule has 7 rings (SSSR count). The van der Waals surface area contributed by atoms with Crippen LogP contribution >= 0.6 is 0 Å². The first-order chi connectivity index (χ1) is 19.8. The van der Waals surface area contributed by atoms with E-state index >= 15 is 0 Å². The average molecular weight is 539 g/mol. The second-order valence-corrected chi connectivity index (χ2v) is 10.7. The molecule has 0 atom stereocenters. The van der Waals surface area contributed by atoms with E-state index in [4.69, 9.17) is 9.97 Å². The van der Waals surface area contributed by atoms with Crippen molar-refractivity contribution in [3.63, 3.8) is 0 Å². The first-order valence-electron chi connectivity index (χ1n) is 13.7. The van der Waals surface area contributed by atoms with E-state index in [-0.39, 0.29) is 0 Å². The third-order valence-corrected chi connectivity index (χ3v) is 7.71. The summed E-state index contributed by atoms with van der Waals surface area (Å²) in [7, 11) is 0. The predicted molar refractivity (Wildman–Crippen MR) is 164 cm³/mol. The summed E-state index contributed by atoms with van der Waals surface area (Å²) in [6, 6.07) is 20.8. The molecule has 6 aromatic rings. The molecule has 0 aliphatic carbocycles. The highest BCUT2D eigenvalue weighted by molar-refractivity contribution is 5.95. The van der Waals surface area contributed by atoms with Crippen molar-refractivity contribution in [2.24, 2.45) is 0 Å². The fourth-order valence-corrected chi connectivity index (χ4v) is 5.86. The lowest BCUT2D eigenvalue weighted by atomic mass is 10.1. The van der Waals surface area contributed by atoms with Crippen LogP contribution in [0.25, 0.3) is 22.8 Å². The number of aromatic nitrogens is 6. The normalized spacial score (nSPS) is 13.6. The topological polar surface area (TPSA) is 75.3 Å². The minimum atomic E-state index is 0.692. The highest BCUT2D eigenvalue weighted by Gasteiger charge is 2.38. The Labute approximate surface area is 238 Å². The largest absolute Gasteiger partial charge is 0.276 e. The highest BCUT2D eigenvalue weighted by atomic mass is 15.5. The van der Waals surface area contributed by atoms with E-state index in [0.717, 1.165) is 78.7 Å². The Hall–Kier alpha value is -5.11. The molecule has 0 fully saturated rings. The van der Waals surface area contributed by atoms with Crippen molar-refractivity contribution in [1.29, 1.82) is 0 Å². The minimum Gasteiger partial charge on any atom is -0.276 e. The van der Waals surface area contributed by atoms with E-state index in [1.165, 1.54) is 0 Å². The van der Waals surface area contributed by atoms with Gasteiger partial charge in [0.25, 0.3) is 0 Å². The first-order valence-corrected chi connectivity index (χ1v) is 13.7. The van der Waals surface area contributed by atoms with Crippen molar-refractivity contribution in [3.05, 3.63) is 112 Å². The highest BCUT2D eigenvalue weighted by Crippen LogP contribution is 2.51. The zero-order chi connectivity index (χ0) is 28.4. The van der Waals surface area contributed by atoms with Crippen LogP contribution in [0.4, 0.5) is 23.0 Å². The van der Waals surface area contributed by atoms with Gasteiger partial charge in [0.1, 0.15) is 11.6 Å². The molecule has 202 valence electrons. The Morgan fingerprint density at radius 1 is 0.561 bits per heavy atom. The number of hydrogen-bond donors (Lipinski definition) is 0. The zero-order valence-corrected chi connectivity index (χ0v) is 24.0. The summed E-state index contributed by atoms with van der Waals surface area (Å²) in [5, 5.41) is 9.95. The molecule has 0 amide bonds. The van der Waals surface area contributed by atoms with Crippen LogP contribution in [-0.2, 0) is 0 Å². The molecule has 41 heavy (non-hydrogen) atoms. The lowest BCUT2D eigenvalue weighted by Gasteiger charge is -2.28. The molecule has 8 heteroatoms. The molecule has 3 aromatic heterocycles. The zero-order valence-electron chi connectivity index (χ0n) is 24.0. The van der Waals surface area contributed by atoms with Crippen LogP contribution in [0.1, 0.15) is 33.8 Å². The van der Waals surface area contributed by atoms with Crippen LogP contribution in [0.2, 0.25) is 0 Å². The second kappa shape index (κ2) is 9.23. The quantitative estimate of drug-likeness (QED) is 0.264. The first kappa shape index (κ1) is 24.9. The third kappa shape index (κ3) is 3.86. The van der Waals surface area contributed by atoms with Gasteiger partial charge in [-0.15, -0.1) is 9.73 Å². The molecule has 0 bridgehead atoms. The number of aryl methyl sites for hydroxylation is 6. The maximum absolute atomic E-state index is 5.23. The van der Waals surface area contributed by atoms with Gasteiger partial charge in [-0.1, -0.05) is 48.5 Å². The lowest BCUT2D eigenvalue weighted by molar-refractivity contribution is 0.793. The van der Waals surface area contributed by atoms with Crippen LogP contribution < -0.4 is 15.0 Å². The predicted octanol–water partition coefficient (Wildman–Crippen LogP) is 6.25. The monoisotopic (exact) mass is 538 g/mol. The Balaban J connectivity index is 1.60. The van der Waals surface area contributed by atoms with Crippen molar-refractivity contribution in [3.8, 4) is 0 Å². The summed E-state index contributed by atoms with van der Waals surface area (Å²) in [4.78, 5) is 19.6. The van der Waals surface area contributed by atoms with Crippen LogP contribution in [-0.4, -0.2) is 29.8 Å². The number of nitrogens with zero attached hydrogens (tertiary/aromatic N) is 8. The molecular formula is C33H30N8. The maximum atomic E-state index is 5.23. The standard InChI is InChI=1S/C33H30N8/c1-19-11-9-12-20(2)29(19)39-28(18-17-25-23(5)37-41-31(25)34-24(6)38-41)40(30-21(3)13-10-14-22(30)4)33-32(39)35-26-15-7-8-16-27(26)36-33/h7-18H,1-6H3/b25-17-. The summed E-state index contributed by atoms with van der Waals surface area (Å²) in [5.41, 5.74) is 10.1. The van der Waals surface area contributed by atoms with Crippen molar-refractivity contribution in [1.82, 2.24) is 29.8 Å². The van der Waals surface area contributed by atoms with E-state index in [0.29, 0.717) is 5.82 Å². The fourth-order valence-electron chi connectivity index (χ4n) is 5.86. The molecule has 0 unspecified atom stereocenters. The molecule has 0 saturated carbocycles. The van der Waals surface area contributed by atoms with Crippen molar-refractivity contribution in [2.45, 2.75) is 41.5 Å². The molecule has 0 spiro atoms. The molecule has 1 aliphatic rings. The van der Waals surface area contributed by atoms with Crippen LogP contribution in [0.15, 0.2) is 72.6 Å². The van der Waals surface area contributed by atoms with Gasteiger partial charge in [-0.3, -0.25) is 9.80 Å². The molecule has 0 saturated heterocycles. The Bertz CT molecular complexity index is 1950. The van der Waals surface area contributed by atoms with E-state index < -0.39 is 0 Å². The summed E-state index contributed by atoms with van der Waals surface area (Å²) < 4.78 is 1.61. The molecule has 0 N–H and O–H groups in total. The number of para-hydroxylation sites is 4. The molecule has 3 aromatic carbocycles. The van der Waals surface area contributed by atoms with Gasteiger partial charge in [0, 0.05) is 5.22 Å². The Morgan fingerprint density at radius 3 is 1.59 bits per heavy atom. The smallest absolute Gasteiger partial charge is 0.185 e. The van der Waals surface area contributed by atoms with Crippen LogP contribution in [0.3, 0.4) is 0 Å². The van der Waals surface area contributed by atoms with E-state index in [1.807, 2.05) is 38.1 Å². The van der Waals surface area contributed by atoms with Crippen molar-refractivity contribution < 1.29 is 0 Å². The molecule has 4 heterocycles.